The largest absolute Gasteiger partial charge is 0.379 e. The summed E-state index contributed by atoms with van der Waals surface area (Å²) >= 11 is 0. The molecule has 4 nitrogen and oxygen atoms in total. The van der Waals surface area contributed by atoms with Gasteiger partial charge in [0.1, 0.15) is 5.54 Å². The Labute approximate surface area is 98.1 Å². The van der Waals surface area contributed by atoms with Gasteiger partial charge in [0.2, 0.25) is 5.91 Å². The summed E-state index contributed by atoms with van der Waals surface area (Å²) in [5.41, 5.74) is 5.31. The molecule has 0 aliphatic carbocycles. The molecule has 0 saturated carbocycles. The maximum atomic E-state index is 12.4. The van der Waals surface area contributed by atoms with Crippen molar-refractivity contribution >= 4 is 5.91 Å². The van der Waals surface area contributed by atoms with Gasteiger partial charge < -0.3 is 15.4 Å². The molecule has 1 heterocycles. The molecule has 0 radical (unpaired) electrons. The van der Waals surface area contributed by atoms with E-state index in [0.29, 0.717) is 25.6 Å². The average Bonchev–Trinajstić information content (AvgIpc) is 2.61. The first-order valence-corrected chi connectivity index (χ1v) is 6.04. The topological polar surface area (TPSA) is 55.6 Å². The summed E-state index contributed by atoms with van der Waals surface area (Å²) in [6.07, 6.45) is 0.632. The van der Waals surface area contributed by atoms with E-state index in [0.717, 1.165) is 6.54 Å². The number of hydrogen-bond acceptors (Lipinski definition) is 3. The van der Waals surface area contributed by atoms with Crippen molar-refractivity contribution in [3.63, 3.8) is 0 Å². The van der Waals surface area contributed by atoms with Gasteiger partial charge in [-0.25, -0.2) is 0 Å². The van der Waals surface area contributed by atoms with Gasteiger partial charge in [0, 0.05) is 19.2 Å². The molecule has 16 heavy (non-hydrogen) atoms. The minimum atomic E-state index is -0.792. The molecule has 1 unspecified atom stereocenters. The molecule has 1 amide bonds. The minimum Gasteiger partial charge on any atom is -0.379 e. The number of ether oxygens (including phenoxy) is 1. The first kappa shape index (κ1) is 13.5. The van der Waals surface area contributed by atoms with E-state index in [4.69, 9.17) is 10.5 Å². The number of carbonyl (C=O) groups is 1. The number of carbonyl (C=O) groups excluding carboxylic acids is 1. The number of nitrogens with zero attached hydrogens (tertiary/aromatic N) is 1. The standard InChI is InChI=1S/C12H24N2O2/c1-9(2)7-14(10(3)4)11(15)12(13)5-6-16-8-12/h9-10H,5-8,13H2,1-4H3. The number of rotatable bonds is 4. The van der Waals surface area contributed by atoms with Crippen LogP contribution in [0.2, 0.25) is 0 Å². The highest BCUT2D eigenvalue weighted by molar-refractivity contribution is 5.86. The Balaban J connectivity index is 2.74. The van der Waals surface area contributed by atoms with Crippen molar-refractivity contribution in [2.24, 2.45) is 11.7 Å². The third-order valence-corrected chi connectivity index (χ3v) is 2.92. The zero-order valence-corrected chi connectivity index (χ0v) is 10.8. The Kier molecular flexibility index (Phi) is 4.33. The summed E-state index contributed by atoms with van der Waals surface area (Å²) in [7, 11) is 0. The summed E-state index contributed by atoms with van der Waals surface area (Å²) in [5.74, 6) is 0.492. The predicted octanol–water partition coefficient (Wildman–Crippen LogP) is 0.997. The molecule has 1 fully saturated rings. The van der Waals surface area contributed by atoms with E-state index in [1.54, 1.807) is 0 Å². The molecular weight excluding hydrogens is 204 g/mol. The van der Waals surface area contributed by atoms with Gasteiger partial charge in [-0.1, -0.05) is 13.8 Å². The van der Waals surface area contributed by atoms with Gasteiger partial charge in [-0.3, -0.25) is 4.79 Å². The average molecular weight is 228 g/mol. The van der Waals surface area contributed by atoms with Crippen LogP contribution in [0, 0.1) is 5.92 Å². The molecular formula is C12H24N2O2. The second-order valence-electron chi connectivity index (χ2n) is 5.40. The molecule has 0 aromatic carbocycles. The smallest absolute Gasteiger partial charge is 0.245 e. The number of hydrogen-bond donors (Lipinski definition) is 1. The third-order valence-electron chi connectivity index (χ3n) is 2.92. The lowest BCUT2D eigenvalue weighted by atomic mass is 9.97. The highest BCUT2D eigenvalue weighted by Gasteiger charge is 2.41. The van der Waals surface area contributed by atoms with Crippen LogP contribution < -0.4 is 5.73 Å². The van der Waals surface area contributed by atoms with E-state index < -0.39 is 5.54 Å². The summed E-state index contributed by atoms with van der Waals surface area (Å²) in [5, 5.41) is 0. The fraction of sp³-hybridized carbons (Fsp3) is 0.917. The van der Waals surface area contributed by atoms with Crippen molar-refractivity contribution in [2.45, 2.75) is 45.7 Å². The number of amides is 1. The second kappa shape index (κ2) is 5.15. The Morgan fingerprint density at radius 2 is 2.06 bits per heavy atom. The van der Waals surface area contributed by atoms with Crippen molar-refractivity contribution < 1.29 is 9.53 Å². The Morgan fingerprint density at radius 3 is 2.44 bits per heavy atom. The lowest BCUT2D eigenvalue weighted by Gasteiger charge is -2.34. The van der Waals surface area contributed by atoms with Crippen molar-refractivity contribution in [3.8, 4) is 0 Å². The van der Waals surface area contributed by atoms with Gasteiger partial charge in [0.25, 0.3) is 0 Å². The Bertz CT molecular complexity index is 245. The Morgan fingerprint density at radius 1 is 1.44 bits per heavy atom. The molecule has 2 N–H and O–H groups in total. The molecule has 1 atom stereocenters. The SMILES string of the molecule is CC(C)CN(C(=O)C1(N)CCOC1)C(C)C. The van der Waals surface area contributed by atoms with Gasteiger partial charge in [0.05, 0.1) is 6.61 Å². The maximum Gasteiger partial charge on any atom is 0.245 e. The normalized spacial score (nSPS) is 25.4. The van der Waals surface area contributed by atoms with Gasteiger partial charge >= 0.3 is 0 Å². The molecule has 1 rings (SSSR count). The second-order valence-corrected chi connectivity index (χ2v) is 5.40. The highest BCUT2D eigenvalue weighted by atomic mass is 16.5. The van der Waals surface area contributed by atoms with E-state index in [1.807, 2.05) is 18.7 Å². The van der Waals surface area contributed by atoms with Crippen LogP contribution in [0.1, 0.15) is 34.1 Å². The van der Waals surface area contributed by atoms with Crippen LogP contribution in [0.5, 0.6) is 0 Å². The molecule has 1 aliphatic rings. The molecule has 1 aliphatic heterocycles. The third kappa shape index (κ3) is 2.95. The van der Waals surface area contributed by atoms with E-state index in [1.165, 1.54) is 0 Å². The van der Waals surface area contributed by atoms with Crippen molar-refractivity contribution in [1.29, 1.82) is 0 Å². The maximum absolute atomic E-state index is 12.4. The van der Waals surface area contributed by atoms with Crippen molar-refractivity contribution in [2.75, 3.05) is 19.8 Å². The fourth-order valence-corrected chi connectivity index (χ4v) is 1.96. The van der Waals surface area contributed by atoms with Crippen LogP contribution in [0.3, 0.4) is 0 Å². The molecule has 0 aromatic rings. The van der Waals surface area contributed by atoms with E-state index in [-0.39, 0.29) is 11.9 Å². The van der Waals surface area contributed by atoms with Crippen molar-refractivity contribution in [3.05, 3.63) is 0 Å². The quantitative estimate of drug-likeness (QED) is 0.781. The van der Waals surface area contributed by atoms with Crippen LogP contribution in [-0.4, -0.2) is 42.1 Å². The fourth-order valence-electron chi connectivity index (χ4n) is 1.96. The first-order valence-electron chi connectivity index (χ1n) is 6.04. The van der Waals surface area contributed by atoms with Crippen LogP contribution in [-0.2, 0) is 9.53 Å². The van der Waals surface area contributed by atoms with Crippen LogP contribution in [0.15, 0.2) is 0 Å². The van der Waals surface area contributed by atoms with Crippen LogP contribution in [0.4, 0.5) is 0 Å². The molecule has 4 heteroatoms. The summed E-state index contributed by atoms with van der Waals surface area (Å²) in [6, 6.07) is 0.191. The van der Waals surface area contributed by atoms with Gasteiger partial charge in [-0.05, 0) is 26.2 Å². The zero-order chi connectivity index (χ0) is 12.3. The Hall–Kier alpha value is -0.610. The van der Waals surface area contributed by atoms with Gasteiger partial charge in [0.15, 0.2) is 0 Å². The van der Waals surface area contributed by atoms with E-state index in [2.05, 4.69) is 13.8 Å². The summed E-state index contributed by atoms with van der Waals surface area (Å²) in [6.45, 7) is 9.98. The van der Waals surface area contributed by atoms with Gasteiger partial charge in [-0.2, -0.15) is 0 Å². The number of nitrogens with two attached hydrogens (primary N) is 1. The summed E-state index contributed by atoms with van der Waals surface area (Å²) < 4.78 is 5.24. The lowest BCUT2D eigenvalue weighted by Crippen LogP contribution is -2.58. The predicted molar refractivity (Wildman–Crippen MR) is 64.0 cm³/mol. The van der Waals surface area contributed by atoms with Crippen LogP contribution in [0.25, 0.3) is 0 Å². The van der Waals surface area contributed by atoms with Crippen LogP contribution >= 0.6 is 0 Å². The minimum absolute atomic E-state index is 0.0358. The molecule has 94 valence electrons. The monoisotopic (exact) mass is 228 g/mol. The van der Waals surface area contributed by atoms with Crippen molar-refractivity contribution in [1.82, 2.24) is 4.90 Å². The van der Waals surface area contributed by atoms with Gasteiger partial charge in [-0.15, -0.1) is 0 Å². The first-order chi connectivity index (χ1) is 7.37. The van der Waals surface area contributed by atoms with E-state index in [9.17, 15) is 4.79 Å². The molecule has 1 saturated heterocycles. The highest BCUT2D eigenvalue weighted by Crippen LogP contribution is 2.20. The molecule has 0 aromatic heterocycles. The zero-order valence-electron chi connectivity index (χ0n) is 10.8. The van der Waals surface area contributed by atoms with E-state index >= 15 is 0 Å². The molecule has 0 bridgehead atoms. The summed E-state index contributed by atoms with van der Waals surface area (Å²) in [4.78, 5) is 14.2. The molecule has 0 spiro atoms. The lowest BCUT2D eigenvalue weighted by molar-refractivity contribution is -0.139.